The number of anilines is 1. The van der Waals surface area contributed by atoms with Gasteiger partial charge in [0.2, 0.25) is 0 Å². The lowest BCUT2D eigenvalue weighted by Gasteiger charge is -2.13. The molecule has 0 unspecified atom stereocenters. The van der Waals surface area contributed by atoms with Crippen molar-refractivity contribution in [1.82, 2.24) is 15.1 Å². The molecule has 23 heavy (non-hydrogen) atoms. The third-order valence-corrected chi connectivity index (χ3v) is 4.26. The van der Waals surface area contributed by atoms with Gasteiger partial charge in [0.05, 0.1) is 23.6 Å². The lowest BCUT2D eigenvalue weighted by atomic mass is 10.2. The van der Waals surface area contributed by atoms with Gasteiger partial charge in [0.25, 0.3) is 0 Å². The summed E-state index contributed by atoms with van der Waals surface area (Å²) in [5.41, 5.74) is 3.43. The number of carbonyl (C=O) groups is 1. The van der Waals surface area contributed by atoms with E-state index in [2.05, 4.69) is 15.7 Å². The molecule has 2 rings (SSSR count). The molecule has 124 valence electrons. The molecular formula is C17H23ClN4O. The minimum Gasteiger partial charge on any atom is -0.335 e. The minimum atomic E-state index is -0.206. The molecule has 1 atom stereocenters. The van der Waals surface area contributed by atoms with Crippen molar-refractivity contribution >= 4 is 23.3 Å². The average molecular weight is 335 g/mol. The fourth-order valence-corrected chi connectivity index (χ4v) is 2.49. The van der Waals surface area contributed by atoms with Crippen LogP contribution in [0.25, 0.3) is 0 Å². The Hall–Kier alpha value is -2.01. The van der Waals surface area contributed by atoms with Crippen LogP contribution in [0.1, 0.15) is 37.2 Å². The Labute approximate surface area is 142 Å². The second-order valence-corrected chi connectivity index (χ2v) is 6.11. The maximum absolute atomic E-state index is 12.0. The SMILES string of the molecule is CC[C@@H](C)NC(=O)Nc1c(C)nn(Cc2ccccc2Cl)c1C. The lowest BCUT2D eigenvalue weighted by molar-refractivity contribution is 0.249. The van der Waals surface area contributed by atoms with Crippen LogP contribution >= 0.6 is 11.6 Å². The zero-order valence-corrected chi connectivity index (χ0v) is 14.7. The maximum Gasteiger partial charge on any atom is 0.319 e. The van der Waals surface area contributed by atoms with E-state index in [4.69, 9.17) is 11.6 Å². The third kappa shape index (κ3) is 4.26. The Morgan fingerprint density at radius 2 is 2.04 bits per heavy atom. The second kappa shape index (κ2) is 7.51. The highest BCUT2D eigenvalue weighted by Gasteiger charge is 2.15. The molecule has 2 aromatic rings. The van der Waals surface area contributed by atoms with Crippen LogP contribution in [0.4, 0.5) is 10.5 Å². The third-order valence-electron chi connectivity index (χ3n) is 3.89. The highest BCUT2D eigenvalue weighted by Crippen LogP contribution is 2.22. The number of aromatic nitrogens is 2. The number of nitrogens with zero attached hydrogens (tertiary/aromatic N) is 2. The number of hydrogen-bond acceptors (Lipinski definition) is 2. The number of aryl methyl sites for hydroxylation is 1. The molecular weight excluding hydrogens is 312 g/mol. The summed E-state index contributed by atoms with van der Waals surface area (Å²) in [6, 6.07) is 7.62. The van der Waals surface area contributed by atoms with Crippen molar-refractivity contribution in [3.63, 3.8) is 0 Å². The van der Waals surface area contributed by atoms with Gasteiger partial charge in [-0.3, -0.25) is 4.68 Å². The van der Waals surface area contributed by atoms with Crippen molar-refractivity contribution in [3.05, 3.63) is 46.2 Å². The summed E-state index contributed by atoms with van der Waals surface area (Å²) in [4.78, 5) is 12.0. The van der Waals surface area contributed by atoms with Crippen LogP contribution < -0.4 is 10.6 Å². The first-order chi connectivity index (χ1) is 10.9. The summed E-state index contributed by atoms with van der Waals surface area (Å²) in [7, 11) is 0. The van der Waals surface area contributed by atoms with Crippen molar-refractivity contribution in [2.45, 2.75) is 46.7 Å². The molecule has 2 N–H and O–H groups in total. The lowest BCUT2D eigenvalue weighted by Crippen LogP contribution is -2.35. The minimum absolute atomic E-state index is 0.133. The first-order valence-corrected chi connectivity index (χ1v) is 8.15. The largest absolute Gasteiger partial charge is 0.335 e. The summed E-state index contributed by atoms with van der Waals surface area (Å²) in [6.45, 7) is 8.40. The highest BCUT2D eigenvalue weighted by atomic mass is 35.5. The second-order valence-electron chi connectivity index (χ2n) is 5.70. The Morgan fingerprint density at radius 1 is 1.35 bits per heavy atom. The summed E-state index contributed by atoms with van der Waals surface area (Å²) >= 11 is 6.21. The van der Waals surface area contributed by atoms with Crippen LogP contribution in [0.15, 0.2) is 24.3 Å². The van der Waals surface area contributed by atoms with Gasteiger partial charge in [0.1, 0.15) is 0 Å². The number of carbonyl (C=O) groups excluding carboxylic acids is 1. The molecule has 2 amide bonds. The average Bonchev–Trinajstić information content (AvgIpc) is 2.77. The molecule has 0 saturated carbocycles. The highest BCUT2D eigenvalue weighted by molar-refractivity contribution is 6.31. The standard InChI is InChI=1S/C17H23ClN4O/c1-5-11(2)19-17(23)20-16-12(3)21-22(13(16)4)10-14-8-6-7-9-15(14)18/h6-9,11H,5,10H2,1-4H3,(H2,19,20,23)/t11-/m1/s1. The first-order valence-electron chi connectivity index (χ1n) is 7.77. The summed E-state index contributed by atoms with van der Waals surface area (Å²) in [5.74, 6) is 0. The molecule has 1 aromatic heterocycles. The van der Waals surface area contributed by atoms with Gasteiger partial charge < -0.3 is 10.6 Å². The first kappa shape index (κ1) is 17.3. The Balaban J connectivity index is 2.16. The van der Waals surface area contributed by atoms with Gasteiger partial charge in [-0.2, -0.15) is 5.10 Å². The molecule has 0 radical (unpaired) electrons. The molecule has 0 spiro atoms. The van der Waals surface area contributed by atoms with E-state index in [1.165, 1.54) is 0 Å². The fourth-order valence-electron chi connectivity index (χ4n) is 2.30. The molecule has 0 fully saturated rings. The predicted molar refractivity (Wildman–Crippen MR) is 94.2 cm³/mol. The molecule has 1 aromatic carbocycles. The molecule has 0 aliphatic carbocycles. The van der Waals surface area contributed by atoms with Crippen molar-refractivity contribution in [1.29, 1.82) is 0 Å². The Bertz CT molecular complexity index is 696. The van der Waals surface area contributed by atoms with Gasteiger partial charge in [-0.05, 0) is 38.8 Å². The quantitative estimate of drug-likeness (QED) is 0.864. The van der Waals surface area contributed by atoms with E-state index in [1.807, 2.05) is 56.6 Å². The molecule has 0 saturated heterocycles. The van der Waals surface area contributed by atoms with Crippen LogP contribution in [0.3, 0.4) is 0 Å². The monoisotopic (exact) mass is 334 g/mol. The van der Waals surface area contributed by atoms with Crippen LogP contribution in [-0.4, -0.2) is 21.9 Å². The zero-order chi connectivity index (χ0) is 17.0. The topological polar surface area (TPSA) is 59.0 Å². The van der Waals surface area contributed by atoms with Crippen molar-refractivity contribution < 1.29 is 4.79 Å². The number of urea groups is 1. The Morgan fingerprint density at radius 3 is 2.70 bits per heavy atom. The summed E-state index contributed by atoms with van der Waals surface area (Å²) in [6.07, 6.45) is 0.886. The van der Waals surface area contributed by atoms with Gasteiger partial charge in [-0.25, -0.2) is 4.79 Å². The van der Waals surface area contributed by atoms with Crippen molar-refractivity contribution in [2.24, 2.45) is 0 Å². The molecule has 1 heterocycles. The smallest absolute Gasteiger partial charge is 0.319 e. The Kier molecular flexibility index (Phi) is 5.66. The van der Waals surface area contributed by atoms with E-state index in [0.29, 0.717) is 11.6 Å². The number of benzene rings is 1. The molecule has 5 nitrogen and oxygen atoms in total. The maximum atomic E-state index is 12.0. The van der Waals surface area contributed by atoms with E-state index < -0.39 is 0 Å². The zero-order valence-electron chi connectivity index (χ0n) is 14.0. The van der Waals surface area contributed by atoms with E-state index in [0.717, 1.165) is 29.1 Å². The molecule has 6 heteroatoms. The van der Waals surface area contributed by atoms with Crippen molar-refractivity contribution in [2.75, 3.05) is 5.32 Å². The van der Waals surface area contributed by atoms with Gasteiger partial charge in [-0.1, -0.05) is 36.7 Å². The van der Waals surface area contributed by atoms with Crippen molar-refractivity contribution in [3.8, 4) is 0 Å². The van der Waals surface area contributed by atoms with Crippen LogP contribution in [0, 0.1) is 13.8 Å². The molecule has 0 aliphatic heterocycles. The van der Waals surface area contributed by atoms with E-state index >= 15 is 0 Å². The van der Waals surface area contributed by atoms with Gasteiger partial charge in [-0.15, -0.1) is 0 Å². The summed E-state index contributed by atoms with van der Waals surface area (Å²) in [5, 5.41) is 11.0. The fraction of sp³-hybridized carbons (Fsp3) is 0.412. The normalized spacial score (nSPS) is 12.0. The predicted octanol–water partition coefficient (Wildman–Crippen LogP) is 4.12. The summed E-state index contributed by atoms with van der Waals surface area (Å²) < 4.78 is 1.86. The van der Waals surface area contributed by atoms with Crippen LogP contribution in [0.2, 0.25) is 5.02 Å². The van der Waals surface area contributed by atoms with E-state index in [1.54, 1.807) is 0 Å². The molecule has 0 aliphatic rings. The van der Waals surface area contributed by atoms with Crippen LogP contribution in [-0.2, 0) is 6.54 Å². The van der Waals surface area contributed by atoms with E-state index in [-0.39, 0.29) is 12.1 Å². The van der Waals surface area contributed by atoms with Gasteiger partial charge >= 0.3 is 6.03 Å². The number of rotatable bonds is 5. The number of hydrogen-bond donors (Lipinski definition) is 2. The number of nitrogens with one attached hydrogen (secondary N) is 2. The number of amides is 2. The van der Waals surface area contributed by atoms with E-state index in [9.17, 15) is 4.79 Å². The van der Waals surface area contributed by atoms with Crippen LogP contribution in [0.5, 0.6) is 0 Å². The van der Waals surface area contributed by atoms with Gasteiger partial charge in [0, 0.05) is 11.1 Å². The number of halogens is 1. The molecule has 0 bridgehead atoms. The van der Waals surface area contributed by atoms with Gasteiger partial charge in [0.15, 0.2) is 0 Å².